The minimum absolute atomic E-state index is 0.142. The van der Waals surface area contributed by atoms with Crippen molar-refractivity contribution in [1.29, 1.82) is 0 Å². The van der Waals surface area contributed by atoms with Crippen LogP contribution in [0.4, 0.5) is 43.9 Å². The molecule has 2 saturated carbocycles. The summed E-state index contributed by atoms with van der Waals surface area (Å²) in [5.41, 5.74) is -0.321. The van der Waals surface area contributed by atoms with Gasteiger partial charge in [0.1, 0.15) is 11.6 Å². The molecule has 2 aliphatic carbocycles. The molecule has 2 aliphatic rings. The fraction of sp³-hybridized carbons (Fsp3) is 0.625. The van der Waals surface area contributed by atoms with E-state index in [2.05, 4.69) is 4.74 Å². The molecule has 45 heavy (non-hydrogen) atoms. The van der Waals surface area contributed by atoms with Gasteiger partial charge in [0.05, 0.1) is 29.6 Å². The highest BCUT2D eigenvalue weighted by molar-refractivity contribution is 5.27. The molecule has 0 aromatic heterocycles. The van der Waals surface area contributed by atoms with Crippen LogP contribution in [0.15, 0.2) is 30.3 Å². The van der Waals surface area contributed by atoms with Crippen LogP contribution in [0.3, 0.4) is 0 Å². The zero-order valence-electron chi connectivity index (χ0n) is 24.7. The van der Waals surface area contributed by atoms with Gasteiger partial charge in [0.25, 0.3) is 0 Å². The molecule has 0 spiro atoms. The van der Waals surface area contributed by atoms with Crippen molar-refractivity contribution in [2.24, 2.45) is 11.8 Å². The molecule has 0 aliphatic heterocycles. The molecule has 3 nitrogen and oxygen atoms in total. The van der Waals surface area contributed by atoms with Crippen molar-refractivity contribution in [3.63, 3.8) is 0 Å². The molecule has 0 saturated heterocycles. The SMILES string of the molecule is CCCCCc1ccc(C(F)(F)OC2CCC(C(F)(F)OC3CCC(C(F)(F)Oc4cc(F)c(F)c(F)c4)CC3)CC2)c(F)c1. The molecule has 0 radical (unpaired) electrons. The van der Waals surface area contributed by atoms with Crippen molar-refractivity contribution in [1.82, 2.24) is 0 Å². The molecule has 2 aromatic rings. The van der Waals surface area contributed by atoms with Crippen molar-refractivity contribution >= 4 is 0 Å². The maximum atomic E-state index is 15.0. The monoisotopic (exact) mass is 658 g/mol. The lowest BCUT2D eigenvalue weighted by Gasteiger charge is -2.38. The lowest BCUT2D eigenvalue weighted by atomic mass is 9.85. The van der Waals surface area contributed by atoms with Crippen LogP contribution in [0, 0.1) is 35.1 Å². The second kappa shape index (κ2) is 14.5. The summed E-state index contributed by atoms with van der Waals surface area (Å²) in [6.07, 6.45) is -12.1. The van der Waals surface area contributed by atoms with Crippen LogP contribution in [-0.2, 0) is 22.0 Å². The van der Waals surface area contributed by atoms with Gasteiger partial charge in [-0.1, -0.05) is 25.8 Å². The minimum Gasteiger partial charge on any atom is -0.432 e. The summed E-state index contributed by atoms with van der Waals surface area (Å²) >= 11 is 0. The van der Waals surface area contributed by atoms with Crippen LogP contribution in [0.2, 0.25) is 0 Å². The number of unbranched alkanes of at least 4 members (excludes halogenated alkanes) is 2. The molecule has 0 heterocycles. The molecule has 13 heteroatoms. The zero-order chi connectivity index (χ0) is 33.0. The Hall–Kier alpha value is -2.54. The van der Waals surface area contributed by atoms with Crippen LogP contribution in [0.1, 0.15) is 88.7 Å². The van der Waals surface area contributed by atoms with E-state index < -0.39 is 77.0 Å². The Balaban J connectivity index is 1.24. The third kappa shape index (κ3) is 9.05. The van der Waals surface area contributed by atoms with Crippen LogP contribution >= 0.6 is 0 Å². The normalized spacial score (nSPS) is 23.3. The first kappa shape index (κ1) is 35.3. The summed E-state index contributed by atoms with van der Waals surface area (Å²) in [4.78, 5) is 0. The number of rotatable bonds is 13. The van der Waals surface area contributed by atoms with Crippen LogP contribution in [0.25, 0.3) is 0 Å². The quantitative estimate of drug-likeness (QED) is 0.122. The molecular formula is C32H36F10O3. The van der Waals surface area contributed by atoms with E-state index in [0.29, 0.717) is 12.0 Å². The third-order valence-electron chi connectivity index (χ3n) is 8.56. The zero-order valence-corrected chi connectivity index (χ0v) is 24.7. The molecule has 252 valence electrons. The summed E-state index contributed by atoms with van der Waals surface area (Å²) < 4.78 is 158. The number of hydrogen-bond acceptors (Lipinski definition) is 3. The number of halogens is 10. The van der Waals surface area contributed by atoms with Gasteiger partial charge in [-0.3, -0.25) is 0 Å². The number of alkyl halides is 6. The number of aryl methyl sites for hydroxylation is 1. The highest BCUT2D eigenvalue weighted by Gasteiger charge is 2.49. The van der Waals surface area contributed by atoms with E-state index in [1.165, 1.54) is 6.07 Å². The van der Waals surface area contributed by atoms with E-state index in [4.69, 9.17) is 9.47 Å². The van der Waals surface area contributed by atoms with E-state index in [0.717, 1.165) is 31.4 Å². The first-order chi connectivity index (χ1) is 21.1. The van der Waals surface area contributed by atoms with E-state index in [9.17, 15) is 35.1 Å². The second-order valence-electron chi connectivity index (χ2n) is 11.9. The average Bonchev–Trinajstić information content (AvgIpc) is 2.96. The summed E-state index contributed by atoms with van der Waals surface area (Å²) in [5.74, 6) is -10.1. The molecule has 0 N–H and O–H groups in total. The van der Waals surface area contributed by atoms with Crippen LogP contribution in [0.5, 0.6) is 5.75 Å². The van der Waals surface area contributed by atoms with Gasteiger partial charge in [0, 0.05) is 12.1 Å². The lowest BCUT2D eigenvalue weighted by molar-refractivity contribution is -0.314. The third-order valence-corrected chi connectivity index (χ3v) is 8.56. The van der Waals surface area contributed by atoms with Gasteiger partial charge in [-0.2, -0.15) is 26.3 Å². The first-order valence-electron chi connectivity index (χ1n) is 15.2. The number of ether oxygens (including phenoxy) is 3. The van der Waals surface area contributed by atoms with E-state index >= 15 is 8.78 Å². The largest absolute Gasteiger partial charge is 0.432 e. The van der Waals surface area contributed by atoms with Crippen molar-refractivity contribution < 1.29 is 58.1 Å². The summed E-state index contributed by atoms with van der Waals surface area (Å²) in [6, 6.07) is 4.05. The van der Waals surface area contributed by atoms with Gasteiger partial charge in [0.2, 0.25) is 0 Å². The van der Waals surface area contributed by atoms with Crippen molar-refractivity contribution in [2.45, 2.75) is 115 Å². The lowest BCUT2D eigenvalue weighted by Crippen LogP contribution is -2.43. The van der Waals surface area contributed by atoms with Gasteiger partial charge < -0.3 is 14.2 Å². The summed E-state index contributed by atoms with van der Waals surface area (Å²) in [7, 11) is 0. The molecule has 0 amide bonds. The second-order valence-corrected chi connectivity index (χ2v) is 11.9. The molecule has 2 aromatic carbocycles. The molecule has 0 unspecified atom stereocenters. The topological polar surface area (TPSA) is 27.7 Å². The Labute approximate surface area is 255 Å². The van der Waals surface area contributed by atoms with Gasteiger partial charge in [-0.15, -0.1) is 0 Å². The Morgan fingerprint density at radius 3 is 1.71 bits per heavy atom. The number of hydrogen-bond donors (Lipinski definition) is 0. The summed E-state index contributed by atoms with van der Waals surface area (Å²) in [5, 5.41) is 0. The summed E-state index contributed by atoms with van der Waals surface area (Å²) in [6.45, 7) is 2.01. The molecule has 0 atom stereocenters. The highest BCUT2D eigenvalue weighted by atomic mass is 19.3. The number of benzene rings is 2. The molecule has 2 fully saturated rings. The van der Waals surface area contributed by atoms with Gasteiger partial charge in [0.15, 0.2) is 17.5 Å². The van der Waals surface area contributed by atoms with Crippen LogP contribution in [-0.4, -0.2) is 24.4 Å². The maximum Gasteiger partial charge on any atom is 0.400 e. The standard InChI is InChI=1S/C32H36F10O3/c1-2-3-4-5-19-6-15-25(26(33)16-19)32(41,42)44-23-13-9-20(10-14-23)30(37,38)43-22-11-7-21(8-12-22)31(39,40)45-24-17-27(34)29(36)28(35)18-24/h6,15-18,20-23H,2-5,7-14H2,1H3. The van der Waals surface area contributed by atoms with E-state index in [1.807, 2.05) is 6.92 Å². The predicted octanol–water partition coefficient (Wildman–Crippen LogP) is 10.4. The Morgan fingerprint density at radius 1 is 0.644 bits per heavy atom. The van der Waals surface area contributed by atoms with Crippen LogP contribution < -0.4 is 4.74 Å². The fourth-order valence-corrected chi connectivity index (χ4v) is 5.99. The molecule has 0 bridgehead atoms. The predicted molar refractivity (Wildman–Crippen MR) is 144 cm³/mol. The molecule has 4 rings (SSSR count). The van der Waals surface area contributed by atoms with Gasteiger partial charge in [-0.05, 0) is 81.9 Å². The highest BCUT2D eigenvalue weighted by Crippen LogP contribution is 2.45. The first-order valence-corrected chi connectivity index (χ1v) is 15.2. The Kier molecular flexibility index (Phi) is 11.4. The average molecular weight is 659 g/mol. The minimum atomic E-state index is -3.95. The van der Waals surface area contributed by atoms with E-state index in [1.54, 1.807) is 0 Å². The van der Waals surface area contributed by atoms with Crippen molar-refractivity contribution in [2.75, 3.05) is 0 Å². The van der Waals surface area contributed by atoms with Crippen molar-refractivity contribution in [3.05, 3.63) is 64.7 Å². The van der Waals surface area contributed by atoms with Gasteiger partial charge in [-0.25, -0.2) is 17.6 Å². The Bertz CT molecular complexity index is 1250. The van der Waals surface area contributed by atoms with Gasteiger partial charge >= 0.3 is 18.3 Å². The fourth-order valence-electron chi connectivity index (χ4n) is 5.99. The Morgan fingerprint density at radius 2 is 1.18 bits per heavy atom. The van der Waals surface area contributed by atoms with Crippen molar-refractivity contribution in [3.8, 4) is 5.75 Å². The molecular weight excluding hydrogens is 622 g/mol. The van der Waals surface area contributed by atoms with E-state index in [-0.39, 0.29) is 63.5 Å². The smallest absolute Gasteiger partial charge is 0.400 e. The maximum absolute atomic E-state index is 15.0.